The molecule has 1 aromatic rings. The average molecular weight is 480 g/mol. The van der Waals surface area contributed by atoms with Crippen molar-refractivity contribution in [3.05, 3.63) is 33.1 Å². The first-order valence-electron chi connectivity index (χ1n) is 9.74. The fraction of sp³-hybridized carbons (Fsp3) is 0.722. The highest BCUT2D eigenvalue weighted by molar-refractivity contribution is 8.13. The van der Waals surface area contributed by atoms with Crippen molar-refractivity contribution in [1.29, 1.82) is 0 Å². The van der Waals surface area contributed by atoms with Crippen molar-refractivity contribution in [2.75, 3.05) is 19.0 Å². The van der Waals surface area contributed by atoms with Crippen LogP contribution in [0.25, 0.3) is 0 Å². The molecular weight excluding hydrogens is 451 g/mol. The van der Waals surface area contributed by atoms with Gasteiger partial charge in [0.15, 0.2) is 11.3 Å². The lowest BCUT2D eigenvalue weighted by Crippen LogP contribution is -2.47. The van der Waals surface area contributed by atoms with E-state index in [0.717, 1.165) is 28.6 Å². The number of ether oxygens (including phenoxy) is 1. The van der Waals surface area contributed by atoms with Crippen LogP contribution in [0.3, 0.4) is 0 Å². The summed E-state index contributed by atoms with van der Waals surface area (Å²) in [5.74, 6) is 0.315. The topological polar surface area (TPSA) is 157 Å². The van der Waals surface area contributed by atoms with E-state index in [4.69, 9.17) is 13.8 Å². The van der Waals surface area contributed by atoms with Crippen LogP contribution in [-0.4, -0.2) is 61.7 Å². The minimum atomic E-state index is -2.94. The number of aromatic amines is 1. The highest BCUT2D eigenvalue weighted by atomic mass is 32.2. The van der Waals surface area contributed by atoms with Gasteiger partial charge in [-0.3, -0.25) is 23.7 Å². The average Bonchev–Trinajstić information content (AvgIpc) is 2.92. The summed E-state index contributed by atoms with van der Waals surface area (Å²) in [6.45, 7) is 6.59. The molecule has 2 unspecified atom stereocenters. The molecule has 0 saturated carbocycles. The van der Waals surface area contributed by atoms with Crippen molar-refractivity contribution in [2.45, 2.75) is 58.2 Å². The second-order valence-electron chi connectivity index (χ2n) is 7.99. The Hall–Kier alpha value is -1.27. The number of thioether (sulfide) groups is 1. The van der Waals surface area contributed by atoms with Gasteiger partial charge >= 0.3 is 13.9 Å². The third kappa shape index (κ3) is 6.38. The van der Waals surface area contributed by atoms with Crippen LogP contribution in [0.1, 0.15) is 40.3 Å². The number of carbonyl (C=O) groups is 1. The minimum Gasteiger partial charge on any atom is -0.385 e. The van der Waals surface area contributed by atoms with Gasteiger partial charge in [0.1, 0.15) is 17.8 Å². The third-order valence-corrected chi connectivity index (χ3v) is 7.30. The first-order chi connectivity index (χ1) is 14.4. The van der Waals surface area contributed by atoms with E-state index >= 15 is 0 Å². The van der Waals surface area contributed by atoms with E-state index in [-0.39, 0.29) is 18.3 Å². The summed E-state index contributed by atoms with van der Waals surface area (Å²) in [5, 5.41) is 21.0. The van der Waals surface area contributed by atoms with E-state index in [9.17, 15) is 29.2 Å². The summed E-state index contributed by atoms with van der Waals surface area (Å²) in [5.41, 5.74) is -3.70. The number of rotatable bonds is 10. The maximum atomic E-state index is 12.0. The molecule has 1 aromatic heterocycles. The zero-order valence-electron chi connectivity index (χ0n) is 17.8. The number of aliphatic hydroxyl groups is 2. The Balaban J connectivity index is 1.86. The molecule has 0 aliphatic carbocycles. The van der Waals surface area contributed by atoms with E-state index in [1.54, 1.807) is 0 Å². The van der Waals surface area contributed by atoms with Crippen LogP contribution >= 0.6 is 20.0 Å². The highest BCUT2D eigenvalue weighted by Crippen LogP contribution is 2.38. The Bertz CT molecular complexity index is 914. The second-order valence-corrected chi connectivity index (χ2v) is 10.1. The van der Waals surface area contributed by atoms with Crippen LogP contribution in [0, 0.1) is 5.41 Å². The first kappa shape index (κ1) is 26.0. The lowest BCUT2D eigenvalue weighted by atomic mass is 9.92. The van der Waals surface area contributed by atoms with E-state index < -0.39 is 49.0 Å². The molecule has 31 heavy (non-hydrogen) atoms. The van der Waals surface area contributed by atoms with Gasteiger partial charge in [-0.1, -0.05) is 32.5 Å². The number of aromatic nitrogens is 2. The predicted octanol–water partition coefficient (Wildman–Crippen LogP) is 0.665. The maximum Gasteiger partial charge on any atom is 0.330 e. The molecule has 0 radical (unpaired) electrons. The van der Waals surface area contributed by atoms with Crippen LogP contribution < -0.4 is 11.2 Å². The molecule has 0 aromatic carbocycles. The van der Waals surface area contributed by atoms with Gasteiger partial charge in [0.25, 0.3) is 5.56 Å². The van der Waals surface area contributed by atoms with E-state index in [2.05, 4.69) is 0 Å². The molecule has 1 aliphatic heterocycles. The normalized spacial score (nSPS) is 27.4. The number of hydrogen-bond donors (Lipinski definition) is 3. The van der Waals surface area contributed by atoms with Gasteiger partial charge in [-0.25, -0.2) is 4.79 Å². The Kier molecular flexibility index (Phi) is 8.86. The van der Waals surface area contributed by atoms with E-state index in [1.807, 2.05) is 25.8 Å². The fourth-order valence-corrected chi connectivity index (χ4v) is 4.37. The monoisotopic (exact) mass is 480 g/mol. The van der Waals surface area contributed by atoms with Gasteiger partial charge in [0.05, 0.1) is 13.2 Å². The second kappa shape index (κ2) is 10.6. The zero-order chi connectivity index (χ0) is 23.4. The molecule has 3 N–H and O–H groups in total. The lowest BCUT2D eigenvalue weighted by molar-refractivity contribution is -0.118. The van der Waals surface area contributed by atoms with E-state index in [1.165, 1.54) is 6.92 Å². The largest absolute Gasteiger partial charge is 0.385 e. The molecule has 2 rings (SSSR count). The molecule has 13 heteroatoms. The predicted molar refractivity (Wildman–Crippen MR) is 114 cm³/mol. The van der Waals surface area contributed by atoms with Gasteiger partial charge in [0.2, 0.25) is 0 Å². The number of aliphatic hydroxyl groups excluding tert-OH is 1. The zero-order valence-corrected chi connectivity index (χ0v) is 19.6. The first-order valence-corrected chi connectivity index (χ1v) is 12.0. The SMILES string of the molecule is CCC(C)(C)C(=O)SCCO[PH](=O)OC[C@H]1O[C@@H](n2ccc(=O)[nH]c2=O)[C@@H](O)C1(C)O. The summed E-state index contributed by atoms with van der Waals surface area (Å²) in [7, 11) is -2.94. The summed E-state index contributed by atoms with van der Waals surface area (Å²) in [4.78, 5) is 37.2. The van der Waals surface area contributed by atoms with Crippen molar-refractivity contribution < 1.29 is 33.4 Å². The smallest absolute Gasteiger partial charge is 0.330 e. The summed E-state index contributed by atoms with van der Waals surface area (Å²) >= 11 is 1.10. The van der Waals surface area contributed by atoms with Crippen LogP contribution in [0.15, 0.2) is 21.9 Å². The Labute approximate surface area is 184 Å². The fourth-order valence-electron chi connectivity index (χ4n) is 2.70. The molecule has 0 bridgehead atoms. The van der Waals surface area contributed by atoms with Gasteiger partial charge in [-0.05, 0) is 13.3 Å². The molecule has 0 amide bonds. The molecule has 1 fully saturated rings. The molecule has 1 saturated heterocycles. The molecular formula is C18H29N2O9PS. The number of hydrogen-bond acceptors (Lipinski definition) is 10. The van der Waals surface area contributed by atoms with Gasteiger partial charge < -0.3 is 24.0 Å². The Morgan fingerprint density at radius 1 is 1.42 bits per heavy atom. The van der Waals surface area contributed by atoms with Gasteiger partial charge in [-0.2, -0.15) is 0 Å². The third-order valence-electron chi connectivity index (χ3n) is 5.28. The lowest BCUT2D eigenvalue weighted by Gasteiger charge is -2.26. The molecule has 5 atom stereocenters. The number of nitrogens with zero attached hydrogens (tertiary/aromatic N) is 1. The van der Waals surface area contributed by atoms with Crippen LogP contribution in [0.4, 0.5) is 0 Å². The van der Waals surface area contributed by atoms with Crippen LogP contribution in [0.2, 0.25) is 0 Å². The molecule has 2 heterocycles. The standard InChI is InChI=1S/C18H29N2O9PS/c1-5-17(2,3)15(23)31-9-8-27-30(26)28-10-11-18(4,25)13(22)14(29-11)20-7-6-12(21)19-16(20)24/h6-7,11,13-14,22,25,30H,5,8-10H2,1-4H3,(H,19,21,24)/t11-,13-,14-,18?/m1/s1. The van der Waals surface area contributed by atoms with Crippen molar-refractivity contribution in [3.8, 4) is 0 Å². The molecule has 176 valence electrons. The molecule has 11 nitrogen and oxygen atoms in total. The van der Waals surface area contributed by atoms with Crippen molar-refractivity contribution in [3.63, 3.8) is 0 Å². The number of carbonyl (C=O) groups excluding carboxylic acids is 1. The number of H-pyrrole nitrogens is 1. The van der Waals surface area contributed by atoms with E-state index in [0.29, 0.717) is 12.2 Å². The van der Waals surface area contributed by atoms with Crippen LogP contribution in [0.5, 0.6) is 0 Å². The summed E-state index contributed by atoms with van der Waals surface area (Å²) < 4.78 is 28.7. The minimum absolute atomic E-state index is 0.0205. The van der Waals surface area contributed by atoms with Gasteiger partial charge in [-0.15, -0.1) is 0 Å². The quantitative estimate of drug-likeness (QED) is 0.321. The molecule has 0 spiro atoms. The van der Waals surface area contributed by atoms with Crippen molar-refractivity contribution in [2.24, 2.45) is 5.41 Å². The maximum absolute atomic E-state index is 12.0. The number of nitrogens with one attached hydrogen (secondary N) is 1. The van der Waals surface area contributed by atoms with Crippen molar-refractivity contribution >= 4 is 25.1 Å². The summed E-state index contributed by atoms with van der Waals surface area (Å²) in [6, 6.07) is 1.08. The highest BCUT2D eigenvalue weighted by Gasteiger charge is 2.53. The van der Waals surface area contributed by atoms with Gasteiger partial charge in [0, 0.05) is 23.4 Å². The Morgan fingerprint density at radius 2 is 2.10 bits per heavy atom. The van der Waals surface area contributed by atoms with Crippen molar-refractivity contribution in [1.82, 2.24) is 9.55 Å². The summed E-state index contributed by atoms with van der Waals surface area (Å²) in [6.07, 6.45) is -2.07. The van der Waals surface area contributed by atoms with Crippen LogP contribution in [-0.2, 0) is 23.1 Å². The Morgan fingerprint density at radius 3 is 2.71 bits per heavy atom. The molecule has 1 aliphatic rings.